The van der Waals surface area contributed by atoms with Crippen LogP contribution in [0.25, 0.3) is 0 Å². The molecule has 0 spiro atoms. The van der Waals surface area contributed by atoms with E-state index in [9.17, 15) is 18.4 Å². The molecule has 3 aromatic rings. The van der Waals surface area contributed by atoms with Crippen LogP contribution in [-0.4, -0.2) is 30.5 Å². The van der Waals surface area contributed by atoms with E-state index in [1.54, 1.807) is 24.5 Å². The van der Waals surface area contributed by atoms with Crippen molar-refractivity contribution >= 4 is 11.8 Å². The Morgan fingerprint density at radius 2 is 1.73 bits per heavy atom. The first kappa shape index (κ1) is 23.6. The summed E-state index contributed by atoms with van der Waals surface area (Å²) >= 11 is 0. The molecule has 9 heteroatoms. The molecule has 0 aliphatic carbocycles. The quantitative estimate of drug-likeness (QED) is 0.489. The van der Waals surface area contributed by atoms with Crippen LogP contribution in [0.4, 0.5) is 8.78 Å². The number of nitrogens with one attached hydrogen (secondary N) is 2. The summed E-state index contributed by atoms with van der Waals surface area (Å²) in [6.07, 6.45) is 3.38. The summed E-state index contributed by atoms with van der Waals surface area (Å²) in [4.78, 5) is 28.0. The molecular weight excluding hydrogens is 432 g/mol. The number of aromatic nitrogens is 1. The van der Waals surface area contributed by atoms with Crippen molar-refractivity contribution in [2.24, 2.45) is 0 Å². The number of carbonyl (C=O) groups excluding carboxylic acids is 2. The minimum Gasteiger partial charge on any atom is -0.493 e. The zero-order chi connectivity index (χ0) is 23.6. The molecule has 0 saturated heterocycles. The first-order valence-corrected chi connectivity index (χ1v) is 10.1. The maximum absolute atomic E-state index is 13.6. The maximum Gasteiger partial charge on any atom is 0.254 e. The maximum atomic E-state index is 13.6. The molecule has 2 N–H and O–H groups in total. The van der Waals surface area contributed by atoms with Crippen LogP contribution in [0.5, 0.6) is 11.5 Å². The lowest BCUT2D eigenvalue weighted by atomic mass is 10.2. The van der Waals surface area contributed by atoms with Gasteiger partial charge in [0.2, 0.25) is 5.91 Å². The third kappa shape index (κ3) is 6.99. The fourth-order valence-electron chi connectivity index (χ4n) is 2.93. The molecule has 0 fully saturated rings. The van der Waals surface area contributed by atoms with Gasteiger partial charge in [-0.2, -0.15) is 0 Å². The van der Waals surface area contributed by atoms with E-state index in [4.69, 9.17) is 9.47 Å². The summed E-state index contributed by atoms with van der Waals surface area (Å²) in [5, 5.41) is 5.18. The first-order valence-electron chi connectivity index (χ1n) is 10.1. The number of nitrogens with zero attached hydrogens (tertiary/aromatic N) is 1. The van der Waals surface area contributed by atoms with Crippen LogP contribution in [0.2, 0.25) is 0 Å². The van der Waals surface area contributed by atoms with E-state index >= 15 is 0 Å². The molecule has 7 nitrogen and oxygen atoms in total. The molecule has 1 aromatic heterocycles. The van der Waals surface area contributed by atoms with Crippen LogP contribution >= 0.6 is 0 Å². The van der Waals surface area contributed by atoms with E-state index in [-0.39, 0.29) is 31.0 Å². The first-order chi connectivity index (χ1) is 16.0. The minimum absolute atomic E-state index is 0.00117. The molecular formula is C24H23F2N3O4. The number of hydrogen-bond donors (Lipinski definition) is 2. The fourth-order valence-corrected chi connectivity index (χ4v) is 2.93. The molecule has 33 heavy (non-hydrogen) atoms. The predicted octanol–water partition coefficient (Wildman–Crippen LogP) is 3.38. The largest absolute Gasteiger partial charge is 0.493 e. The second-order valence-corrected chi connectivity index (χ2v) is 7.04. The zero-order valence-corrected chi connectivity index (χ0v) is 17.9. The van der Waals surface area contributed by atoms with Crippen LogP contribution in [-0.2, 0) is 17.9 Å². The molecule has 0 unspecified atom stereocenters. The van der Waals surface area contributed by atoms with Crippen LogP contribution in [0, 0.1) is 11.6 Å². The number of pyridine rings is 1. The molecule has 0 radical (unpaired) electrons. The molecule has 0 saturated carbocycles. The van der Waals surface area contributed by atoms with Crippen molar-refractivity contribution in [3.05, 3.63) is 89.2 Å². The Labute approximate surface area is 189 Å². The Bertz CT molecular complexity index is 1110. The molecule has 0 aliphatic heterocycles. The predicted molar refractivity (Wildman–Crippen MR) is 117 cm³/mol. The van der Waals surface area contributed by atoms with E-state index in [1.807, 2.05) is 18.2 Å². The van der Waals surface area contributed by atoms with Crippen molar-refractivity contribution in [3.63, 3.8) is 0 Å². The highest BCUT2D eigenvalue weighted by Crippen LogP contribution is 2.28. The van der Waals surface area contributed by atoms with Crippen molar-refractivity contribution in [2.75, 3.05) is 13.7 Å². The van der Waals surface area contributed by atoms with Gasteiger partial charge in [-0.3, -0.25) is 14.6 Å². The smallest absolute Gasteiger partial charge is 0.254 e. The highest BCUT2D eigenvalue weighted by Gasteiger charge is 2.13. The number of hydrogen-bond acceptors (Lipinski definition) is 5. The molecule has 2 amide bonds. The van der Waals surface area contributed by atoms with Crippen LogP contribution in [0.15, 0.2) is 60.9 Å². The highest BCUT2D eigenvalue weighted by molar-refractivity contribution is 5.94. The van der Waals surface area contributed by atoms with Crippen LogP contribution in [0.3, 0.4) is 0 Å². The van der Waals surface area contributed by atoms with E-state index < -0.39 is 17.5 Å². The van der Waals surface area contributed by atoms with Gasteiger partial charge in [0.25, 0.3) is 5.91 Å². The van der Waals surface area contributed by atoms with Gasteiger partial charge < -0.3 is 20.1 Å². The second kappa shape index (κ2) is 11.6. The number of benzene rings is 2. The third-order valence-electron chi connectivity index (χ3n) is 4.67. The number of amides is 2. The summed E-state index contributed by atoms with van der Waals surface area (Å²) in [6.45, 7) is 0.620. The summed E-state index contributed by atoms with van der Waals surface area (Å²) in [5.74, 6) is -1.64. The van der Waals surface area contributed by atoms with E-state index in [0.717, 1.165) is 23.3 Å². The molecule has 0 atom stereocenters. The summed E-state index contributed by atoms with van der Waals surface area (Å²) in [7, 11) is 1.53. The normalized spacial score (nSPS) is 10.4. The molecule has 0 aliphatic rings. The fraction of sp³-hybridized carbons (Fsp3) is 0.208. The zero-order valence-electron chi connectivity index (χ0n) is 17.9. The third-order valence-corrected chi connectivity index (χ3v) is 4.67. The van der Waals surface area contributed by atoms with Gasteiger partial charge in [-0.15, -0.1) is 0 Å². The minimum atomic E-state index is -0.959. The van der Waals surface area contributed by atoms with Gasteiger partial charge in [-0.05, 0) is 47.5 Å². The number of halogens is 2. The molecule has 172 valence electrons. The summed E-state index contributed by atoms with van der Waals surface area (Å²) in [6, 6.07) is 11.7. The van der Waals surface area contributed by atoms with Crippen molar-refractivity contribution < 1.29 is 27.8 Å². The standard InChI is InChI=1S/C24H23F2N3O4/c1-32-22-12-17(2-5-21(22)33-15-16-6-9-27-10-7-16)14-29-23(30)8-11-28-24(31)19-4-3-18(25)13-20(19)26/h2-7,9-10,12-13H,8,11,14-15H2,1H3,(H,28,31)(H,29,30). The lowest BCUT2D eigenvalue weighted by Gasteiger charge is -2.13. The molecule has 0 bridgehead atoms. The van der Waals surface area contributed by atoms with Gasteiger partial charge in [0.15, 0.2) is 11.5 Å². The molecule has 2 aromatic carbocycles. The SMILES string of the molecule is COc1cc(CNC(=O)CCNC(=O)c2ccc(F)cc2F)ccc1OCc1ccncc1. The number of carbonyl (C=O) groups is 2. The van der Waals surface area contributed by atoms with E-state index in [2.05, 4.69) is 15.6 Å². The van der Waals surface area contributed by atoms with Crippen molar-refractivity contribution in [1.29, 1.82) is 0 Å². The van der Waals surface area contributed by atoms with Crippen molar-refractivity contribution in [2.45, 2.75) is 19.6 Å². The van der Waals surface area contributed by atoms with Gasteiger partial charge in [-0.1, -0.05) is 6.07 Å². The summed E-state index contributed by atoms with van der Waals surface area (Å²) < 4.78 is 37.7. The topological polar surface area (TPSA) is 89.6 Å². The highest BCUT2D eigenvalue weighted by atomic mass is 19.1. The molecule has 3 rings (SSSR count). The van der Waals surface area contributed by atoms with Gasteiger partial charge in [0.1, 0.15) is 18.2 Å². The second-order valence-electron chi connectivity index (χ2n) is 7.04. The number of ether oxygens (including phenoxy) is 2. The van der Waals surface area contributed by atoms with E-state index in [1.165, 1.54) is 7.11 Å². The van der Waals surface area contributed by atoms with Crippen molar-refractivity contribution in [1.82, 2.24) is 15.6 Å². The van der Waals surface area contributed by atoms with Gasteiger partial charge >= 0.3 is 0 Å². The average molecular weight is 455 g/mol. The number of methoxy groups -OCH3 is 1. The Kier molecular flexibility index (Phi) is 8.29. The van der Waals surface area contributed by atoms with Gasteiger partial charge in [0.05, 0.1) is 12.7 Å². The van der Waals surface area contributed by atoms with Crippen molar-refractivity contribution in [3.8, 4) is 11.5 Å². The van der Waals surface area contributed by atoms with Gasteiger partial charge in [-0.25, -0.2) is 8.78 Å². The number of rotatable bonds is 10. The van der Waals surface area contributed by atoms with E-state index in [0.29, 0.717) is 24.2 Å². The van der Waals surface area contributed by atoms with Crippen LogP contribution in [0.1, 0.15) is 27.9 Å². The lowest BCUT2D eigenvalue weighted by Crippen LogP contribution is -2.31. The Morgan fingerprint density at radius 1 is 0.939 bits per heavy atom. The average Bonchev–Trinajstić information content (AvgIpc) is 2.82. The van der Waals surface area contributed by atoms with Crippen LogP contribution < -0.4 is 20.1 Å². The summed E-state index contributed by atoms with van der Waals surface area (Å²) in [5.41, 5.74) is 1.49. The monoisotopic (exact) mass is 455 g/mol. The van der Waals surface area contributed by atoms with Gasteiger partial charge in [0, 0.05) is 38.0 Å². The Balaban J connectivity index is 1.45. The molecule has 1 heterocycles. The Morgan fingerprint density at radius 3 is 2.45 bits per heavy atom. The Hall–Kier alpha value is -4.01. The lowest BCUT2D eigenvalue weighted by molar-refractivity contribution is -0.121.